The molecule has 0 saturated heterocycles. The van der Waals surface area contributed by atoms with Gasteiger partial charge in [-0.2, -0.15) is 0 Å². The third kappa shape index (κ3) is 3.51. The highest BCUT2D eigenvalue weighted by Gasteiger charge is 2.28. The molecule has 2 aromatic carbocycles. The van der Waals surface area contributed by atoms with Gasteiger partial charge in [-0.3, -0.25) is 0 Å². The molecular formula is C23H27N2O4+. The van der Waals surface area contributed by atoms with E-state index >= 15 is 0 Å². The highest BCUT2D eigenvalue weighted by atomic mass is 16.5. The minimum absolute atomic E-state index is 0.0419. The largest absolute Gasteiger partial charge is 0.504 e. The smallest absolute Gasteiger partial charge is 0.163 e. The van der Waals surface area contributed by atoms with Crippen LogP contribution in [0.1, 0.15) is 36.7 Å². The van der Waals surface area contributed by atoms with Crippen LogP contribution in [0.4, 0.5) is 0 Å². The maximum absolute atomic E-state index is 10.3. The Morgan fingerprint density at radius 1 is 1.03 bits per heavy atom. The maximum atomic E-state index is 10.3. The number of aromatic nitrogens is 1. The zero-order valence-electron chi connectivity index (χ0n) is 17.0. The fourth-order valence-electron chi connectivity index (χ4n) is 3.96. The standard InChI is InChI=1S/C23H26N2O4/c1-4-28-21-12-16-14-24-23(15-8-9-20(27-3)19(26)11-15)17-7-6-10-25(17)18(16)13-22(21)29-5-2/h6-13,23-24,26H,4-5,14H2,1-3H3/p+1/t23-/m1/s1. The van der Waals surface area contributed by atoms with Crippen LogP contribution in [-0.4, -0.2) is 30.0 Å². The van der Waals surface area contributed by atoms with Crippen molar-refractivity contribution < 1.29 is 24.6 Å². The van der Waals surface area contributed by atoms with Crippen LogP contribution in [0.5, 0.6) is 23.0 Å². The second-order valence-corrected chi connectivity index (χ2v) is 6.95. The topological polar surface area (TPSA) is 69.5 Å². The predicted octanol–water partition coefficient (Wildman–Crippen LogP) is 3.16. The zero-order valence-corrected chi connectivity index (χ0v) is 17.0. The van der Waals surface area contributed by atoms with Crippen LogP contribution in [0, 0.1) is 0 Å². The number of hydrogen-bond acceptors (Lipinski definition) is 4. The van der Waals surface area contributed by atoms with E-state index in [9.17, 15) is 5.11 Å². The zero-order chi connectivity index (χ0) is 20.4. The van der Waals surface area contributed by atoms with Crippen LogP contribution < -0.4 is 19.5 Å². The molecule has 152 valence electrons. The van der Waals surface area contributed by atoms with Crippen molar-refractivity contribution in [2.45, 2.75) is 26.4 Å². The highest BCUT2D eigenvalue weighted by Crippen LogP contribution is 2.37. The first-order chi connectivity index (χ1) is 14.2. The molecule has 29 heavy (non-hydrogen) atoms. The number of fused-ring (bicyclic) bond motifs is 3. The van der Waals surface area contributed by atoms with Gasteiger partial charge in [-0.15, -0.1) is 0 Å². The Morgan fingerprint density at radius 2 is 1.79 bits per heavy atom. The molecule has 6 heteroatoms. The van der Waals surface area contributed by atoms with Crippen LogP contribution in [0.2, 0.25) is 0 Å². The van der Waals surface area contributed by atoms with Gasteiger partial charge in [0.2, 0.25) is 0 Å². The monoisotopic (exact) mass is 395 g/mol. The summed E-state index contributed by atoms with van der Waals surface area (Å²) >= 11 is 0. The van der Waals surface area contributed by atoms with Gasteiger partial charge in [0.1, 0.15) is 6.54 Å². The molecule has 1 aliphatic heterocycles. The Bertz CT molecular complexity index is 1010. The second kappa shape index (κ2) is 8.09. The number of rotatable bonds is 6. The summed E-state index contributed by atoms with van der Waals surface area (Å²) in [6.45, 7) is 5.90. The summed E-state index contributed by atoms with van der Waals surface area (Å²) in [4.78, 5) is 0. The molecule has 1 atom stereocenters. The van der Waals surface area contributed by atoms with Crippen LogP contribution in [0.15, 0.2) is 48.7 Å². The van der Waals surface area contributed by atoms with Crippen molar-refractivity contribution in [2.24, 2.45) is 0 Å². The lowest BCUT2D eigenvalue weighted by molar-refractivity contribution is -0.702. The van der Waals surface area contributed by atoms with Crippen molar-refractivity contribution in [3.05, 3.63) is 65.5 Å². The van der Waals surface area contributed by atoms with Crippen molar-refractivity contribution in [2.75, 3.05) is 20.3 Å². The molecule has 0 radical (unpaired) electrons. The molecule has 4 rings (SSSR count). The van der Waals surface area contributed by atoms with E-state index in [2.05, 4.69) is 34.3 Å². The molecule has 6 nitrogen and oxygen atoms in total. The molecule has 0 unspecified atom stereocenters. The van der Waals surface area contributed by atoms with Gasteiger partial charge in [0.05, 0.1) is 31.7 Å². The van der Waals surface area contributed by atoms with Crippen LogP contribution in [0.3, 0.4) is 0 Å². The van der Waals surface area contributed by atoms with Crippen molar-refractivity contribution >= 4 is 0 Å². The first-order valence-corrected chi connectivity index (χ1v) is 9.96. The molecule has 2 heterocycles. The Labute approximate surface area is 170 Å². The number of quaternary nitrogens is 1. The molecule has 0 aliphatic carbocycles. The predicted molar refractivity (Wildman–Crippen MR) is 110 cm³/mol. The number of nitrogens with two attached hydrogens (primary N) is 1. The van der Waals surface area contributed by atoms with E-state index in [4.69, 9.17) is 14.2 Å². The molecule has 0 saturated carbocycles. The van der Waals surface area contributed by atoms with Gasteiger partial charge >= 0.3 is 0 Å². The average molecular weight is 395 g/mol. The molecule has 0 amide bonds. The molecule has 3 aromatic rings. The minimum atomic E-state index is 0.0419. The lowest BCUT2D eigenvalue weighted by Crippen LogP contribution is -2.83. The Kier molecular flexibility index (Phi) is 5.36. The summed E-state index contributed by atoms with van der Waals surface area (Å²) in [6, 6.07) is 14.0. The third-order valence-electron chi connectivity index (χ3n) is 5.24. The molecule has 0 fully saturated rings. The van der Waals surface area contributed by atoms with Crippen LogP contribution in [-0.2, 0) is 6.54 Å². The highest BCUT2D eigenvalue weighted by molar-refractivity contribution is 5.56. The van der Waals surface area contributed by atoms with Crippen molar-refractivity contribution in [3.8, 4) is 28.7 Å². The first kappa shape index (κ1) is 19.2. The van der Waals surface area contributed by atoms with Gasteiger partial charge < -0.3 is 29.2 Å². The van der Waals surface area contributed by atoms with E-state index in [1.54, 1.807) is 13.2 Å². The van der Waals surface area contributed by atoms with Crippen LogP contribution >= 0.6 is 0 Å². The number of aromatic hydroxyl groups is 1. The molecule has 0 bridgehead atoms. The summed E-state index contributed by atoms with van der Waals surface area (Å²) < 4.78 is 19.1. The van der Waals surface area contributed by atoms with Crippen molar-refractivity contribution in [3.63, 3.8) is 0 Å². The van der Waals surface area contributed by atoms with E-state index in [0.717, 1.165) is 35.0 Å². The van der Waals surface area contributed by atoms with Gasteiger partial charge in [-0.1, -0.05) is 0 Å². The number of benzene rings is 2. The summed E-state index contributed by atoms with van der Waals surface area (Å²) in [5.74, 6) is 2.16. The van der Waals surface area contributed by atoms with E-state index in [-0.39, 0.29) is 11.8 Å². The Hall–Kier alpha value is -3.12. The quantitative estimate of drug-likeness (QED) is 0.673. The number of phenolic OH excluding ortho intramolecular Hbond substituents is 1. The molecule has 0 spiro atoms. The van der Waals surface area contributed by atoms with E-state index in [1.165, 1.54) is 5.56 Å². The van der Waals surface area contributed by atoms with Gasteiger partial charge in [-0.25, -0.2) is 0 Å². The fourth-order valence-corrected chi connectivity index (χ4v) is 3.96. The summed E-state index contributed by atoms with van der Waals surface area (Å²) in [6.07, 6.45) is 2.07. The van der Waals surface area contributed by atoms with E-state index in [1.807, 2.05) is 32.0 Å². The fraction of sp³-hybridized carbons (Fsp3) is 0.304. The number of nitrogens with zero attached hydrogens (tertiary/aromatic N) is 1. The first-order valence-electron chi connectivity index (χ1n) is 9.96. The lowest BCUT2D eigenvalue weighted by atomic mass is 10.0. The van der Waals surface area contributed by atoms with Crippen molar-refractivity contribution in [1.82, 2.24) is 4.57 Å². The molecular weight excluding hydrogens is 368 g/mol. The SMILES string of the molecule is CCOc1cc2c(cc1OCC)-n1cccc1[C@@H](c1ccc(OC)c(O)c1)[NH2+]C2. The van der Waals surface area contributed by atoms with Gasteiger partial charge in [-0.05, 0) is 50.2 Å². The minimum Gasteiger partial charge on any atom is -0.504 e. The van der Waals surface area contributed by atoms with Gasteiger partial charge in [0.15, 0.2) is 29.0 Å². The van der Waals surface area contributed by atoms with Gasteiger partial charge in [0.25, 0.3) is 0 Å². The molecule has 3 N–H and O–H groups in total. The molecule has 1 aliphatic rings. The lowest BCUT2D eigenvalue weighted by Gasteiger charge is -2.16. The summed E-state index contributed by atoms with van der Waals surface area (Å²) in [5, 5.41) is 12.5. The number of methoxy groups -OCH3 is 1. The summed E-state index contributed by atoms with van der Waals surface area (Å²) in [5.41, 5.74) is 4.43. The van der Waals surface area contributed by atoms with Gasteiger partial charge in [0, 0.05) is 23.4 Å². The Balaban J connectivity index is 1.80. The van der Waals surface area contributed by atoms with E-state index < -0.39 is 0 Å². The van der Waals surface area contributed by atoms with E-state index in [0.29, 0.717) is 19.0 Å². The third-order valence-corrected chi connectivity index (χ3v) is 5.24. The Morgan fingerprint density at radius 3 is 2.48 bits per heavy atom. The number of phenols is 1. The average Bonchev–Trinajstić information content (AvgIpc) is 3.14. The second-order valence-electron chi connectivity index (χ2n) is 6.95. The summed E-state index contributed by atoms with van der Waals surface area (Å²) in [7, 11) is 1.56. The number of ether oxygens (including phenoxy) is 3. The number of hydrogen-bond donors (Lipinski definition) is 2. The molecule has 1 aromatic heterocycles. The maximum Gasteiger partial charge on any atom is 0.163 e. The van der Waals surface area contributed by atoms with Crippen molar-refractivity contribution in [1.29, 1.82) is 0 Å². The van der Waals surface area contributed by atoms with Crippen LogP contribution in [0.25, 0.3) is 5.69 Å². The normalized spacial score (nSPS) is 15.2.